The first kappa shape index (κ1) is 12.9. The molecule has 1 aromatic heterocycles. The fourth-order valence-corrected chi connectivity index (χ4v) is 1.65. The molecule has 1 aromatic carbocycles. The van der Waals surface area contributed by atoms with E-state index >= 15 is 0 Å². The largest absolute Gasteiger partial charge is 0.492 e. The van der Waals surface area contributed by atoms with E-state index in [9.17, 15) is 0 Å². The van der Waals surface area contributed by atoms with Crippen molar-refractivity contribution in [3.05, 3.63) is 30.3 Å². The van der Waals surface area contributed by atoms with Gasteiger partial charge in [0.2, 0.25) is 5.95 Å². The zero-order chi connectivity index (χ0) is 13.7. The second-order valence-corrected chi connectivity index (χ2v) is 3.80. The minimum Gasteiger partial charge on any atom is -0.492 e. The quantitative estimate of drug-likeness (QED) is 0.763. The molecule has 0 bridgehead atoms. The molecule has 0 unspecified atom stereocenters. The summed E-state index contributed by atoms with van der Waals surface area (Å²) in [5.41, 5.74) is 6.49. The Bertz CT molecular complexity index is 558. The van der Waals surface area contributed by atoms with Crippen molar-refractivity contribution in [2.24, 2.45) is 0 Å². The lowest BCUT2D eigenvalue weighted by Crippen LogP contribution is -2.04. The van der Waals surface area contributed by atoms with Gasteiger partial charge in [0.25, 0.3) is 0 Å². The molecule has 0 aliphatic heterocycles. The third-order valence-electron chi connectivity index (χ3n) is 2.45. The average Bonchev–Trinajstić information content (AvgIpc) is 2.40. The summed E-state index contributed by atoms with van der Waals surface area (Å²) in [5, 5.41) is 6.11. The molecule has 2 rings (SSSR count). The Morgan fingerprint density at radius 1 is 1.21 bits per heavy atom. The lowest BCUT2D eigenvalue weighted by molar-refractivity contribution is 0.342. The number of nitrogens with zero attached hydrogens (tertiary/aromatic N) is 2. The normalized spacial score (nSPS) is 10.0. The van der Waals surface area contributed by atoms with E-state index in [-0.39, 0.29) is 5.95 Å². The number of ether oxygens (including phenoxy) is 1. The van der Waals surface area contributed by atoms with E-state index in [4.69, 9.17) is 10.5 Å². The lowest BCUT2D eigenvalue weighted by Gasteiger charge is -2.12. The number of anilines is 4. The highest BCUT2D eigenvalue weighted by Gasteiger charge is 2.05. The first-order chi connectivity index (χ1) is 9.22. The van der Waals surface area contributed by atoms with E-state index in [2.05, 4.69) is 20.6 Å². The van der Waals surface area contributed by atoms with Gasteiger partial charge in [0.15, 0.2) is 0 Å². The number of hydrogen-bond donors (Lipinski definition) is 3. The minimum atomic E-state index is 0.211. The van der Waals surface area contributed by atoms with Crippen LogP contribution in [-0.4, -0.2) is 23.6 Å². The Balaban J connectivity index is 2.28. The molecule has 0 radical (unpaired) electrons. The predicted octanol–water partition coefficient (Wildman–Crippen LogP) is 2.24. The number of rotatable bonds is 5. The molecule has 0 amide bonds. The van der Waals surface area contributed by atoms with Crippen LogP contribution in [0.4, 0.5) is 23.3 Å². The first-order valence-corrected chi connectivity index (χ1v) is 6.04. The van der Waals surface area contributed by atoms with Gasteiger partial charge in [-0.3, -0.25) is 0 Å². The van der Waals surface area contributed by atoms with E-state index < -0.39 is 0 Å². The highest BCUT2D eigenvalue weighted by molar-refractivity contribution is 5.66. The molecule has 0 saturated heterocycles. The van der Waals surface area contributed by atoms with Gasteiger partial charge in [0, 0.05) is 13.1 Å². The summed E-state index contributed by atoms with van der Waals surface area (Å²) in [5.74, 6) is 2.25. The lowest BCUT2D eigenvalue weighted by atomic mass is 10.3. The summed E-state index contributed by atoms with van der Waals surface area (Å²) < 4.78 is 5.54. The second-order valence-electron chi connectivity index (χ2n) is 3.80. The zero-order valence-corrected chi connectivity index (χ0v) is 11.0. The SMILES string of the molecule is CCOc1ccccc1Nc1cc(NC)nc(N)n1. The Hall–Kier alpha value is -2.50. The van der Waals surface area contributed by atoms with Gasteiger partial charge in [-0.15, -0.1) is 0 Å². The monoisotopic (exact) mass is 259 g/mol. The van der Waals surface area contributed by atoms with Crippen LogP contribution in [0.3, 0.4) is 0 Å². The van der Waals surface area contributed by atoms with Gasteiger partial charge in [-0.1, -0.05) is 12.1 Å². The molecule has 6 heteroatoms. The van der Waals surface area contributed by atoms with E-state index in [1.165, 1.54) is 0 Å². The third-order valence-corrected chi connectivity index (χ3v) is 2.45. The van der Waals surface area contributed by atoms with Gasteiger partial charge >= 0.3 is 0 Å². The number of aromatic nitrogens is 2. The number of nitrogen functional groups attached to an aromatic ring is 1. The molecule has 0 aliphatic rings. The Labute approximate surface area is 112 Å². The van der Waals surface area contributed by atoms with Gasteiger partial charge in [-0.2, -0.15) is 9.97 Å². The summed E-state index contributed by atoms with van der Waals surface area (Å²) in [6.45, 7) is 2.55. The van der Waals surface area contributed by atoms with Crippen molar-refractivity contribution in [2.45, 2.75) is 6.92 Å². The van der Waals surface area contributed by atoms with E-state index in [1.54, 1.807) is 13.1 Å². The number of nitrogens with two attached hydrogens (primary N) is 1. The summed E-state index contributed by atoms with van der Waals surface area (Å²) in [4.78, 5) is 8.18. The minimum absolute atomic E-state index is 0.211. The summed E-state index contributed by atoms with van der Waals surface area (Å²) in [7, 11) is 1.78. The van der Waals surface area contributed by atoms with Gasteiger partial charge in [-0.05, 0) is 19.1 Å². The van der Waals surface area contributed by atoms with Crippen LogP contribution in [0, 0.1) is 0 Å². The molecular weight excluding hydrogens is 242 g/mol. The Kier molecular flexibility index (Phi) is 4.02. The van der Waals surface area contributed by atoms with Crippen LogP contribution in [0.15, 0.2) is 30.3 Å². The van der Waals surface area contributed by atoms with E-state index in [0.29, 0.717) is 18.2 Å². The second kappa shape index (κ2) is 5.90. The van der Waals surface area contributed by atoms with Crippen LogP contribution < -0.4 is 21.1 Å². The summed E-state index contributed by atoms with van der Waals surface area (Å²) in [6.07, 6.45) is 0. The van der Waals surface area contributed by atoms with Crippen LogP contribution in [0.5, 0.6) is 5.75 Å². The molecule has 4 N–H and O–H groups in total. The topological polar surface area (TPSA) is 85.1 Å². The van der Waals surface area contributed by atoms with Gasteiger partial charge < -0.3 is 21.1 Å². The molecule has 6 nitrogen and oxygen atoms in total. The van der Waals surface area contributed by atoms with Crippen molar-refractivity contribution in [1.82, 2.24) is 9.97 Å². The molecule has 100 valence electrons. The standard InChI is InChI=1S/C13H17N5O/c1-3-19-10-7-5-4-6-9(10)16-12-8-11(15-2)17-13(14)18-12/h4-8H,3H2,1-2H3,(H4,14,15,16,17,18). The van der Waals surface area contributed by atoms with E-state index in [0.717, 1.165) is 11.4 Å². The summed E-state index contributed by atoms with van der Waals surface area (Å²) in [6, 6.07) is 9.44. The van der Waals surface area contributed by atoms with Gasteiger partial charge in [0.1, 0.15) is 17.4 Å². The number of nitrogens with one attached hydrogen (secondary N) is 2. The number of hydrogen-bond acceptors (Lipinski definition) is 6. The van der Waals surface area contributed by atoms with Gasteiger partial charge in [-0.25, -0.2) is 0 Å². The first-order valence-electron chi connectivity index (χ1n) is 6.04. The van der Waals surface area contributed by atoms with Crippen LogP contribution in [0.2, 0.25) is 0 Å². The highest BCUT2D eigenvalue weighted by Crippen LogP contribution is 2.27. The van der Waals surface area contributed by atoms with Crippen LogP contribution in [-0.2, 0) is 0 Å². The smallest absolute Gasteiger partial charge is 0.223 e. The van der Waals surface area contributed by atoms with Crippen molar-refractivity contribution >= 4 is 23.3 Å². The van der Waals surface area contributed by atoms with Gasteiger partial charge in [0.05, 0.1) is 12.3 Å². The molecule has 0 aliphatic carbocycles. The molecule has 0 fully saturated rings. The Morgan fingerprint density at radius 2 is 1.95 bits per heavy atom. The van der Waals surface area contributed by atoms with Crippen molar-refractivity contribution in [3.63, 3.8) is 0 Å². The zero-order valence-electron chi connectivity index (χ0n) is 11.0. The molecule has 2 aromatic rings. The molecule has 0 spiro atoms. The number of benzene rings is 1. The summed E-state index contributed by atoms with van der Waals surface area (Å²) >= 11 is 0. The number of para-hydroxylation sites is 2. The Morgan fingerprint density at radius 3 is 2.68 bits per heavy atom. The fourth-order valence-electron chi connectivity index (χ4n) is 1.65. The highest BCUT2D eigenvalue weighted by atomic mass is 16.5. The average molecular weight is 259 g/mol. The van der Waals surface area contributed by atoms with Crippen molar-refractivity contribution < 1.29 is 4.74 Å². The van der Waals surface area contributed by atoms with Crippen LogP contribution >= 0.6 is 0 Å². The maximum absolute atomic E-state index is 5.65. The van der Waals surface area contributed by atoms with Crippen molar-refractivity contribution in [3.8, 4) is 5.75 Å². The van der Waals surface area contributed by atoms with Crippen LogP contribution in [0.1, 0.15) is 6.92 Å². The van der Waals surface area contributed by atoms with Crippen LogP contribution in [0.25, 0.3) is 0 Å². The van der Waals surface area contributed by atoms with Crippen molar-refractivity contribution in [2.75, 3.05) is 30.0 Å². The molecule has 1 heterocycles. The van der Waals surface area contributed by atoms with E-state index in [1.807, 2.05) is 31.2 Å². The maximum atomic E-state index is 5.65. The molecule has 19 heavy (non-hydrogen) atoms. The molecule has 0 atom stereocenters. The molecular formula is C13H17N5O. The molecule has 0 saturated carbocycles. The maximum Gasteiger partial charge on any atom is 0.223 e. The predicted molar refractivity (Wildman–Crippen MR) is 76.9 cm³/mol. The van der Waals surface area contributed by atoms with Crippen molar-refractivity contribution in [1.29, 1.82) is 0 Å². The fraction of sp³-hybridized carbons (Fsp3) is 0.231. The third kappa shape index (κ3) is 3.25.